The summed E-state index contributed by atoms with van der Waals surface area (Å²) in [6.45, 7) is 0. The maximum atomic E-state index is 13.1. The van der Waals surface area contributed by atoms with Crippen molar-refractivity contribution in [2.75, 3.05) is 10.6 Å². The number of hydrogen-bond donors (Lipinski definition) is 3. The Morgan fingerprint density at radius 2 is 1.70 bits per heavy atom. The molecule has 0 bridgehead atoms. The van der Waals surface area contributed by atoms with Gasteiger partial charge in [-0.2, -0.15) is 13.2 Å². The van der Waals surface area contributed by atoms with Gasteiger partial charge < -0.3 is 10.6 Å². The van der Waals surface area contributed by atoms with E-state index in [0.29, 0.717) is 6.07 Å². The molecule has 0 aliphatic heterocycles. The van der Waals surface area contributed by atoms with Crippen molar-refractivity contribution < 1.29 is 26.5 Å². The van der Waals surface area contributed by atoms with E-state index in [4.69, 9.17) is 17.4 Å². The van der Waals surface area contributed by atoms with Crippen molar-refractivity contribution in [3.8, 4) is 0 Å². The summed E-state index contributed by atoms with van der Waals surface area (Å²) in [6, 6.07) is 7.19. The SMILES string of the molecule is NS(=O)(=O)c1ccc(NC(=S)Nc2ccc([N+](=O)[O-])cc2C(F)(F)F)cc1. The number of non-ortho nitro benzene ring substituents is 1. The third-order valence-corrected chi connectivity index (χ3v) is 4.34. The quantitative estimate of drug-likeness (QED) is 0.394. The van der Waals surface area contributed by atoms with Crippen LogP contribution in [-0.2, 0) is 16.2 Å². The third kappa shape index (κ3) is 5.35. The number of rotatable bonds is 4. The van der Waals surface area contributed by atoms with Gasteiger partial charge in [0.15, 0.2) is 5.11 Å². The number of nitro groups is 1. The number of thiocarbonyl (C=S) groups is 1. The molecule has 0 radical (unpaired) electrons. The average molecular weight is 420 g/mol. The lowest BCUT2D eigenvalue weighted by molar-refractivity contribution is -0.385. The molecule has 4 N–H and O–H groups in total. The van der Waals surface area contributed by atoms with Gasteiger partial charge in [0.1, 0.15) is 0 Å². The van der Waals surface area contributed by atoms with Crippen LogP contribution in [0.25, 0.3) is 0 Å². The van der Waals surface area contributed by atoms with E-state index >= 15 is 0 Å². The maximum absolute atomic E-state index is 13.1. The van der Waals surface area contributed by atoms with E-state index < -0.39 is 38.1 Å². The van der Waals surface area contributed by atoms with Gasteiger partial charge in [-0.1, -0.05) is 0 Å². The van der Waals surface area contributed by atoms with Crippen molar-refractivity contribution in [3.63, 3.8) is 0 Å². The molecule has 13 heteroatoms. The molecule has 0 aliphatic rings. The van der Waals surface area contributed by atoms with E-state index in [0.717, 1.165) is 12.1 Å². The Morgan fingerprint density at radius 3 is 2.19 bits per heavy atom. The first-order valence-electron chi connectivity index (χ1n) is 6.94. The van der Waals surface area contributed by atoms with Crippen molar-refractivity contribution >= 4 is 44.4 Å². The van der Waals surface area contributed by atoms with Gasteiger partial charge in [0.2, 0.25) is 10.0 Å². The molecule has 0 heterocycles. The molecule has 2 rings (SSSR count). The number of nitrogens with zero attached hydrogens (tertiary/aromatic N) is 1. The van der Waals surface area contributed by atoms with Gasteiger partial charge in [0, 0.05) is 17.8 Å². The van der Waals surface area contributed by atoms with Crippen LogP contribution in [0.2, 0.25) is 0 Å². The first kappa shape index (κ1) is 20.5. The summed E-state index contributed by atoms with van der Waals surface area (Å²) >= 11 is 4.92. The molecule has 144 valence electrons. The Labute approximate surface area is 156 Å². The lowest BCUT2D eigenvalue weighted by Gasteiger charge is -2.16. The summed E-state index contributed by atoms with van der Waals surface area (Å²) in [5.41, 5.74) is -2.17. The highest BCUT2D eigenvalue weighted by atomic mass is 32.2. The molecule has 0 amide bonds. The molecule has 0 fully saturated rings. The van der Waals surface area contributed by atoms with Gasteiger partial charge >= 0.3 is 6.18 Å². The number of alkyl halides is 3. The molecule has 0 spiro atoms. The number of halogens is 3. The lowest BCUT2D eigenvalue weighted by Crippen LogP contribution is -2.21. The molecule has 0 atom stereocenters. The van der Waals surface area contributed by atoms with E-state index in [1.807, 2.05) is 0 Å². The maximum Gasteiger partial charge on any atom is 0.418 e. The van der Waals surface area contributed by atoms with E-state index in [-0.39, 0.29) is 15.7 Å². The van der Waals surface area contributed by atoms with Crippen LogP contribution >= 0.6 is 12.2 Å². The van der Waals surface area contributed by atoms with Gasteiger partial charge in [-0.25, -0.2) is 13.6 Å². The molecular formula is C14H11F3N4O4S2. The van der Waals surface area contributed by atoms with E-state index in [9.17, 15) is 31.7 Å². The molecular weight excluding hydrogens is 409 g/mol. The molecule has 0 aromatic heterocycles. The summed E-state index contributed by atoms with van der Waals surface area (Å²) in [7, 11) is -3.89. The van der Waals surface area contributed by atoms with E-state index in [2.05, 4.69) is 10.6 Å². The highest BCUT2D eigenvalue weighted by Gasteiger charge is 2.35. The van der Waals surface area contributed by atoms with Crippen LogP contribution in [0.3, 0.4) is 0 Å². The first-order chi connectivity index (χ1) is 12.4. The fourth-order valence-corrected chi connectivity index (χ4v) is 2.75. The fourth-order valence-electron chi connectivity index (χ4n) is 2.00. The summed E-state index contributed by atoms with van der Waals surface area (Å²) in [5.74, 6) is 0. The Morgan fingerprint density at radius 1 is 1.11 bits per heavy atom. The Balaban J connectivity index is 2.21. The van der Waals surface area contributed by atoms with Crippen LogP contribution in [0, 0.1) is 10.1 Å². The van der Waals surface area contributed by atoms with Crippen molar-refractivity contribution in [2.24, 2.45) is 5.14 Å². The van der Waals surface area contributed by atoms with Crippen molar-refractivity contribution in [1.82, 2.24) is 0 Å². The normalized spacial score (nSPS) is 11.7. The van der Waals surface area contributed by atoms with Crippen molar-refractivity contribution in [3.05, 3.63) is 58.1 Å². The summed E-state index contributed by atoms with van der Waals surface area (Å²) in [4.78, 5) is 9.59. The van der Waals surface area contributed by atoms with Gasteiger partial charge in [-0.3, -0.25) is 10.1 Å². The van der Waals surface area contributed by atoms with E-state index in [1.165, 1.54) is 24.3 Å². The Kier molecular flexibility index (Phi) is 5.67. The second-order valence-electron chi connectivity index (χ2n) is 5.13. The highest BCUT2D eigenvalue weighted by Crippen LogP contribution is 2.37. The minimum Gasteiger partial charge on any atom is -0.332 e. The topological polar surface area (TPSA) is 127 Å². The number of nitro benzene ring substituents is 1. The third-order valence-electron chi connectivity index (χ3n) is 3.21. The zero-order chi connectivity index (χ0) is 20.4. The van der Waals surface area contributed by atoms with Crippen LogP contribution < -0.4 is 15.8 Å². The lowest BCUT2D eigenvalue weighted by atomic mass is 10.1. The highest BCUT2D eigenvalue weighted by molar-refractivity contribution is 7.89. The number of anilines is 2. The Hall–Kier alpha value is -2.77. The number of primary sulfonamides is 1. The standard InChI is InChI=1S/C14H11F3N4O4S2/c15-14(16,17)11-7-9(21(22)23)3-6-12(11)20-13(26)19-8-1-4-10(5-2-8)27(18,24)25/h1-7H,(H2,18,24,25)(H2,19,20,26). The molecule has 2 aromatic rings. The van der Waals surface area contributed by atoms with Crippen LogP contribution in [0.5, 0.6) is 0 Å². The fraction of sp³-hybridized carbons (Fsp3) is 0.0714. The van der Waals surface area contributed by atoms with Gasteiger partial charge in [-0.15, -0.1) is 0 Å². The molecule has 0 saturated carbocycles. The predicted octanol–water partition coefficient (Wildman–Crippen LogP) is 3.07. The largest absolute Gasteiger partial charge is 0.418 e. The molecule has 8 nitrogen and oxygen atoms in total. The van der Waals surface area contributed by atoms with Crippen LogP contribution in [0.4, 0.5) is 30.2 Å². The Bertz CT molecular complexity index is 992. The number of sulfonamides is 1. The number of nitrogens with two attached hydrogens (primary N) is 1. The monoisotopic (exact) mass is 420 g/mol. The zero-order valence-corrected chi connectivity index (χ0v) is 14.8. The van der Waals surface area contributed by atoms with Crippen molar-refractivity contribution in [1.29, 1.82) is 0 Å². The average Bonchev–Trinajstić information content (AvgIpc) is 2.53. The zero-order valence-electron chi connectivity index (χ0n) is 13.1. The summed E-state index contributed by atoms with van der Waals surface area (Å²) in [6.07, 6.45) is -4.85. The molecule has 2 aromatic carbocycles. The van der Waals surface area contributed by atoms with Gasteiger partial charge in [0.05, 0.1) is 21.1 Å². The van der Waals surface area contributed by atoms with Crippen molar-refractivity contribution in [2.45, 2.75) is 11.1 Å². The smallest absolute Gasteiger partial charge is 0.332 e. The second-order valence-corrected chi connectivity index (χ2v) is 7.10. The molecule has 27 heavy (non-hydrogen) atoms. The summed E-state index contributed by atoms with van der Waals surface area (Å²) < 4.78 is 61.7. The number of hydrogen-bond acceptors (Lipinski definition) is 5. The molecule has 0 aliphatic carbocycles. The molecule has 0 saturated heterocycles. The van der Waals surface area contributed by atoms with Gasteiger partial charge in [0.25, 0.3) is 5.69 Å². The number of benzene rings is 2. The minimum atomic E-state index is -4.85. The predicted molar refractivity (Wildman–Crippen MR) is 95.8 cm³/mol. The number of nitrogens with one attached hydrogen (secondary N) is 2. The summed E-state index contributed by atoms with van der Waals surface area (Å²) in [5, 5.41) is 20.3. The van der Waals surface area contributed by atoms with E-state index in [1.54, 1.807) is 0 Å². The van der Waals surface area contributed by atoms with Crippen LogP contribution in [0.15, 0.2) is 47.4 Å². The molecule has 0 unspecified atom stereocenters. The second kappa shape index (κ2) is 7.46. The van der Waals surface area contributed by atoms with Gasteiger partial charge in [-0.05, 0) is 42.5 Å². The van der Waals surface area contributed by atoms with Crippen LogP contribution in [-0.4, -0.2) is 18.5 Å². The minimum absolute atomic E-state index is 0.151. The first-order valence-corrected chi connectivity index (χ1v) is 8.90. The van der Waals surface area contributed by atoms with Crippen LogP contribution in [0.1, 0.15) is 5.56 Å².